The van der Waals surface area contributed by atoms with Crippen LogP contribution in [0.2, 0.25) is 0 Å². The molecular formula is C10H18F2O6S. The smallest absolute Gasteiger partial charge is 0.415 e. The molecule has 0 radical (unpaired) electrons. The van der Waals surface area contributed by atoms with Crippen molar-refractivity contribution in [2.24, 2.45) is 0 Å². The minimum absolute atomic E-state index is 0.102. The van der Waals surface area contributed by atoms with Gasteiger partial charge >= 0.3 is 11.2 Å². The van der Waals surface area contributed by atoms with Crippen LogP contribution in [0.5, 0.6) is 0 Å². The van der Waals surface area contributed by atoms with Crippen molar-refractivity contribution in [2.75, 3.05) is 13.2 Å². The lowest BCUT2D eigenvalue weighted by molar-refractivity contribution is -0.433. The Balaban J connectivity index is 3.52. The lowest BCUT2D eigenvalue weighted by atomic mass is 10.1. The van der Waals surface area contributed by atoms with Crippen LogP contribution in [0.25, 0.3) is 0 Å². The summed E-state index contributed by atoms with van der Waals surface area (Å²) >= 11 is -0.640. The number of aliphatic hydroxyl groups excluding tert-OH is 1. The summed E-state index contributed by atoms with van der Waals surface area (Å²) in [6.45, 7) is 0.0684. The van der Waals surface area contributed by atoms with Gasteiger partial charge < -0.3 is 9.84 Å². The van der Waals surface area contributed by atoms with Gasteiger partial charge in [-0.3, -0.25) is 0 Å². The van der Waals surface area contributed by atoms with E-state index in [9.17, 15) is 13.6 Å². The predicted molar refractivity (Wildman–Crippen MR) is 63.1 cm³/mol. The maximum Gasteiger partial charge on any atom is 0.415 e. The normalized spacial score (nSPS) is 11.6. The SMILES string of the molecule is O=C(OCCCCCCCCO)C(F)(F)SOOO. The van der Waals surface area contributed by atoms with Crippen molar-refractivity contribution in [1.82, 2.24) is 0 Å². The zero-order valence-electron chi connectivity index (χ0n) is 10.3. The van der Waals surface area contributed by atoms with Gasteiger partial charge in [-0.15, -0.1) is 4.33 Å². The minimum atomic E-state index is -3.93. The monoisotopic (exact) mass is 304 g/mol. The Hall–Kier alpha value is -0.480. The highest BCUT2D eigenvalue weighted by molar-refractivity contribution is 7.96. The van der Waals surface area contributed by atoms with Crippen LogP contribution in [0.1, 0.15) is 38.5 Å². The Morgan fingerprint density at radius 1 is 1.11 bits per heavy atom. The molecule has 0 aromatic carbocycles. The molecule has 2 N–H and O–H groups in total. The number of unbranched alkanes of at least 4 members (excludes halogenated alkanes) is 5. The molecule has 0 amide bonds. The zero-order chi connectivity index (χ0) is 14.6. The van der Waals surface area contributed by atoms with Gasteiger partial charge in [-0.25, -0.2) is 10.1 Å². The molecule has 0 unspecified atom stereocenters. The van der Waals surface area contributed by atoms with E-state index in [-0.39, 0.29) is 13.2 Å². The summed E-state index contributed by atoms with van der Waals surface area (Å²) in [5.74, 6) is -1.74. The molecule has 0 atom stereocenters. The fourth-order valence-electron chi connectivity index (χ4n) is 1.26. The second-order valence-corrected chi connectivity index (χ2v) is 4.54. The van der Waals surface area contributed by atoms with Crippen molar-refractivity contribution >= 4 is 18.0 Å². The van der Waals surface area contributed by atoms with Crippen LogP contribution < -0.4 is 0 Å². The zero-order valence-corrected chi connectivity index (χ0v) is 11.2. The molecule has 0 aliphatic carbocycles. The first-order valence-electron chi connectivity index (χ1n) is 5.86. The number of halogens is 2. The second kappa shape index (κ2) is 11.4. The molecule has 0 aliphatic heterocycles. The topological polar surface area (TPSA) is 85.2 Å². The number of hydrogen-bond donors (Lipinski definition) is 2. The van der Waals surface area contributed by atoms with E-state index < -0.39 is 23.3 Å². The summed E-state index contributed by atoms with van der Waals surface area (Å²) in [6, 6.07) is 0. The van der Waals surface area contributed by atoms with E-state index in [2.05, 4.69) is 14.1 Å². The molecule has 0 aromatic heterocycles. The number of alkyl halides is 2. The predicted octanol–water partition coefficient (Wildman–Crippen LogP) is 2.52. The standard InChI is InChI=1S/C10H18F2O6S/c11-10(12,19-18-17-15)9(14)16-8-6-4-2-1-3-5-7-13/h13,15H,1-8H2. The van der Waals surface area contributed by atoms with Crippen LogP contribution >= 0.6 is 12.0 Å². The number of carbonyl (C=O) groups is 1. The van der Waals surface area contributed by atoms with Gasteiger partial charge in [0.05, 0.1) is 6.61 Å². The Morgan fingerprint density at radius 3 is 2.26 bits per heavy atom. The Bertz CT molecular complexity index is 242. The van der Waals surface area contributed by atoms with Crippen LogP contribution in [-0.2, 0) is 18.9 Å². The highest BCUT2D eigenvalue weighted by atomic mass is 32.2. The summed E-state index contributed by atoms with van der Waals surface area (Å²) in [6.07, 6.45) is 4.76. The number of hydrogen-bond acceptors (Lipinski definition) is 7. The van der Waals surface area contributed by atoms with Gasteiger partial charge in [0.1, 0.15) is 12.0 Å². The lowest BCUT2D eigenvalue weighted by Gasteiger charge is -2.11. The maximum absolute atomic E-state index is 12.9. The molecule has 6 nitrogen and oxygen atoms in total. The van der Waals surface area contributed by atoms with Crippen molar-refractivity contribution < 1.29 is 38.0 Å². The van der Waals surface area contributed by atoms with Crippen LogP contribution in [-0.4, -0.2) is 34.8 Å². The molecule has 0 rings (SSSR count). The largest absolute Gasteiger partial charge is 0.460 e. The van der Waals surface area contributed by atoms with E-state index in [4.69, 9.17) is 10.4 Å². The van der Waals surface area contributed by atoms with E-state index in [0.717, 1.165) is 32.1 Å². The van der Waals surface area contributed by atoms with Crippen molar-refractivity contribution in [1.29, 1.82) is 0 Å². The van der Waals surface area contributed by atoms with Crippen molar-refractivity contribution in [3.05, 3.63) is 0 Å². The molecule has 0 fully saturated rings. The van der Waals surface area contributed by atoms with Crippen LogP contribution in [0, 0.1) is 0 Å². The van der Waals surface area contributed by atoms with Crippen LogP contribution in [0.3, 0.4) is 0 Å². The summed E-state index contributed by atoms with van der Waals surface area (Å²) in [5, 5.41) is 15.3. The quantitative estimate of drug-likeness (QED) is 0.188. The Morgan fingerprint density at radius 2 is 1.68 bits per heavy atom. The fourth-order valence-corrected chi connectivity index (χ4v) is 1.50. The van der Waals surface area contributed by atoms with E-state index in [1.54, 1.807) is 0 Å². The average molecular weight is 304 g/mol. The van der Waals surface area contributed by atoms with Gasteiger partial charge in [-0.1, -0.05) is 30.7 Å². The first kappa shape index (κ1) is 18.5. The van der Waals surface area contributed by atoms with E-state index in [0.29, 0.717) is 6.42 Å². The molecule has 0 aliphatic rings. The van der Waals surface area contributed by atoms with Crippen LogP contribution in [0.4, 0.5) is 8.78 Å². The van der Waals surface area contributed by atoms with Gasteiger partial charge in [0, 0.05) is 6.61 Å². The van der Waals surface area contributed by atoms with E-state index >= 15 is 0 Å². The minimum Gasteiger partial charge on any atom is -0.460 e. The summed E-state index contributed by atoms with van der Waals surface area (Å²) in [7, 11) is 0. The summed E-state index contributed by atoms with van der Waals surface area (Å²) in [5.41, 5.74) is 0. The third kappa shape index (κ3) is 10.0. The first-order valence-corrected chi connectivity index (χ1v) is 6.60. The van der Waals surface area contributed by atoms with Crippen LogP contribution in [0.15, 0.2) is 0 Å². The highest BCUT2D eigenvalue weighted by Gasteiger charge is 2.44. The molecule has 0 spiro atoms. The number of ether oxygens (including phenoxy) is 1. The summed E-state index contributed by atoms with van der Waals surface area (Å²) in [4.78, 5) is 10.9. The molecule has 0 aromatic rings. The number of aliphatic hydroxyl groups is 1. The van der Waals surface area contributed by atoms with E-state index in [1.165, 1.54) is 0 Å². The molecule has 0 heterocycles. The third-order valence-corrected chi connectivity index (χ3v) is 2.70. The molecule has 114 valence electrons. The molecule has 0 saturated carbocycles. The van der Waals surface area contributed by atoms with E-state index in [1.807, 2.05) is 0 Å². The third-order valence-electron chi connectivity index (χ3n) is 2.19. The molecule has 9 heteroatoms. The molecular weight excluding hydrogens is 286 g/mol. The van der Waals surface area contributed by atoms with Gasteiger partial charge in [0.15, 0.2) is 0 Å². The maximum atomic E-state index is 12.9. The average Bonchev–Trinajstić information content (AvgIpc) is 2.39. The van der Waals surface area contributed by atoms with Crippen molar-refractivity contribution in [3.63, 3.8) is 0 Å². The van der Waals surface area contributed by atoms with Gasteiger partial charge in [0.25, 0.3) is 0 Å². The summed E-state index contributed by atoms with van der Waals surface area (Å²) < 4.78 is 33.6. The van der Waals surface area contributed by atoms with Gasteiger partial charge in [0.2, 0.25) is 0 Å². The number of rotatable bonds is 12. The Labute approximate surface area is 114 Å². The molecule has 19 heavy (non-hydrogen) atoms. The lowest BCUT2D eigenvalue weighted by Crippen LogP contribution is -2.27. The fraction of sp³-hybridized carbons (Fsp3) is 0.900. The molecule has 0 bridgehead atoms. The number of esters is 1. The molecule has 0 saturated heterocycles. The van der Waals surface area contributed by atoms with Crippen molar-refractivity contribution in [3.8, 4) is 0 Å². The Kier molecular flexibility index (Phi) is 11.1. The van der Waals surface area contributed by atoms with Crippen molar-refractivity contribution in [2.45, 2.75) is 43.8 Å². The number of carbonyl (C=O) groups excluding carboxylic acids is 1. The van der Waals surface area contributed by atoms with Gasteiger partial charge in [-0.05, 0) is 12.8 Å². The first-order chi connectivity index (χ1) is 9.04. The second-order valence-electron chi connectivity index (χ2n) is 3.72. The van der Waals surface area contributed by atoms with Gasteiger partial charge in [-0.2, -0.15) is 8.78 Å². The highest BCUT2D eigenvalue weighted by Crippen LogP contribution is 2.31.